The Labute approximate surface area is 105 Å². The topological polar surface area (TPSA) is 53.1 Å². The molecule has 0 aliphatic rings. The van der Waals surface area contributed by atoms with E-state index in [9.17, 15) is 4.39 Å². The fourth-order valence-corrected chi connectivity index (χ4v) is 1.91. The van der Waals surface area contributed by atoms with E-state index in [1.807, 2.05) is 17.7 Å². The predicted molar refractivity (Wildman–Crippen MR) is 66.9 cm³/mol. The van der Waals surface area contributed by atoms with E-state index in [0.717, 1.165) is 17.8 Å². The molecule has 0 aliphatic heterocycles. The molecule has 0 fully saturated rings. The third-order valence-corrected chi connectivity index (χ3v) is 2.90. The number of methoxy groups -OCH3 is 1. The summed E-state index contributed by atoms with van der Waals surface area (Å²) in [6.45, 7) is 2.74. The molecule has 0 amide bonds. The van der Waals surface area contributed by atoms with E-state index in [-0.39, 0.29) is 11.8 Å². The zero-order chi connectivity index (χ0) is 13.1. The summed E-state index contributed by atoms with van der Waals surface area (Å²) in [6.07, 6.45) is 1.71. The van der Waals surface area contributed by atoms with Gasteiger partial charge in [-0.2, -0.15) is 5.10 Å². The minimum absolute atomic E-state index is 0.200. The lowest BCUT2D eigenvalue weighted by atomic mass is 10.0. The molecular weight excluding hydrogens is 233 g/mol. The summed E-state index contributed by atoms with van der Waals surface area (Å²) in [6, 6.07) is 6.16. The summed E-state index contributed by atoms with van der Waals surface area (Å²) >= 11 is 0. The Morgan fingerprint density at radius 1 is 1.44 bits per heavy atom. The molecule has 2 N–H and O–H groups in total. The van der Waals surface area contributed by atoms with Crippen molar-refractivity contribution in [2.45, 2.75) is 19.5 Å². The van der Waals surface area contributed by atoms with Crippen molar-refractivity contribution in [2.24, 2.45) is 5.73 Å². The molecule has 1 unspecified atom stereocenters. The van der Waals surface area contributed by atoms with E-state index in [1.165, 1.54) is 13.2 Å². The molecule has 0 saturated carbocycles. The number of nitrogens with zero attached hydrogens (tertiary/aromatic N) is 2. The van der Waals surface area contributed by atoms with Crippen molar-refractivity contribution in [3.63, 3.8) is 0 Å². The van der Waals surface area contributed by atoms with Crippen molar-refractivity contribution < 1.29 is 9.13 Å². The highest BCUT2D eigenvalue weighted by Gasteiger charge is 2.15. The van der Waals surface area contributed by atoms with Crippen LogP contribution in [-0.2, 0) is 6.54 Å². The molecule has 0 aliphatic carbocycles. The van der Waals surface area contributed by atoms with Gasteiger partial charge in [-0.05, 0) is 30.7 Å². The Morgan fingerprint density at radius 2 is 2.22 bits per heavy atom. The minimum Gasteiger partial charge on any atom is -0.494 e. The number of ether oxygens (including phenoxy) is 1. The molecule has 5 heteroatoms. The van der Waals surface area contributed by atoms with Gasteiger partial charge in [0.25, 0.3) is 0 Å². The SMILES string of the molecule is CCn1nccc1C(N)c1ccc(F)c(OC)c1. The molecule has 0 spiro atoms. The summed E-state index contributed by atoms with van der Waals surface area (Å²) in [4.78, 5) is 0. The highest BCUT2D eigenvalue weighted by Crippen LogP contribution is 2.25. The van der Waals surface area contributed by atoms with Crippen molar-refractivity contribution >= 4 is 0 Å². The second-order valence-corrected chi connectivity index (χ2v) is 3.94. The molecule has 96 valence electrons. The second kappa shape index (κ2) is 5.18. The third-order valence-electron chi connectivity index (χ3n) is 2.90. The second-order valence-electron chi connectivity index (χ2n) is 3.94. The average Bonchev–Trinajstić information content (AvgIpc) is 2.86. The lowest BCUT2D eigenvalue weighted by Crippen LogP contribution is -2.17. The number of rotatable bonds is 4. The van der Waals surface area contributed by atoms with Crippen LogP contribution in [0.1, 0.15) is 24.2 Å². The maximum Gasteiger partial charge on any atom is 0.165 e. The molecule has 0 bridgehead atoms. The van der Waals surface area contributed by atoms with Crippen LogP contribution in [0.2, 0.25) is 0 Å². The Balaban J connectivity index is 2.37. The quantitative estimate of drug-likeness (QED) is 0.902. The monoisotopic (exact) mass is 249 g/mol. The van der Waals surface area contributed by atoms with Crippen LogP contribution in [0.3, 0.4) is 0 Å². The molecule has 2 rings (SSSR count). The normalized spacial score (nSPS) is 12.4. The minimum atomic E-state index is -0.391. The molecule has 4 nitrogen and oxygen atoms in total. The maximum absolute atomic E-state index is 13.3. The van der Waals surface area contributed by atoms with Gasteiger partial charge in [0.05, 0.1) is 18.8 Å². The number of halogens is 1. The largest absolute Gasteiger partial charge is 0.494 e. The van der Waals surface area contributed by atoms with Crippen molar-refractivity contribution in [3.8, 4) is 5.75 Å². The van der Waals surface area contributed by atoms with Crippen LogP contribution >= 0.6 is 0 Å². The van der Waals surface area contributed by atoms with Gasteiger partial charge in [0.15, 0.2) is 11.6 Å². The number of benzene rings is 1. The first-order chi connectivity index (χ1) is 8.67. The fourth-order valence-electron chi connectivity index (χ4n) is 1.91. The molecule has 2 aromatic rings. The average molecular weight is 249 g/mol. The van der Waals surface area contributed by atoms with Gasteiger partial charge < -0.3 is 10.5 Å². The van der Waals surface area contributed by atoms with Crippen LogP contribution in [0.15, 0.2) is 30.5 Å². The lowest BCUT2D eigenvalue weighted by Gasteiger charge is -2.15. The van der Waals surface area contributed by atoms with Crippen LogP contribution in [-0.4, -0.2) is 16.9 Å². The van der Waals surface area contributed by atoms with Crippen LogP contribution in [0.5, 0.6) is 5.75 Å². The first kappa shape index (κ1) is 12.6. The summed E-state index contributed by atoms with van der Waals surface area (Å²) in [7, 11) is 1.43. The summed E-state index contributed by atoms with van der Waals surface area (Å²) in [5.74, 6) is -0.192. The van der Waals surface area contributed by atoms with E-state index >= 15 is 0 Å². The highest BCUT2D eigenvalue weighted by atomic mass is 19.1. The zero-order valence-electron chi connectivity index (χ0n) is 10.4. The summed E-state index contributed by atoms with van der Waals surface area (Å²) < 4.78 is 20.1. The van der Waals surface area contributed by atoms with E-state index in [0.29, 0.717) is 0 Å². The Bertz CT molecular complexity index is 539. The fraction of sp³-hybridized carbons (Fsp3) is 0.308. The van der Waals surface area contributed by atoms with Gasteiger partial charge in [0, 0.05) is 12.7 Å². The molecule has 1 aromatic heterocycles. The van der Waals surface area contributed by atoms with E-state index in [1.54, 1.807) is 18.3 Å². The summed E-state index contributed by atoms with van der Waals surface area (Å²) in [5, 5.41) is 4.17. The summed E-state index contributed by atoms with van der Waals surface area (Å²) in [5.41, 5.74) is 7.86. The molecule has 1 atom stereocenters. The Kier molecular flexibility index (Phi) is 3.62. The molecule has 0 radical (unpaired) electrons. The van der Waals surface area contributed by atoms with Crippen molar-refractivity contribution in [1.82, 2.24) is 9.78 Å². The lowest BCUT2D eigenvalue weighted by molar-refractivity contribution is 0.385. The van der Waals surface area contributed by atoms with Crippen LogP contribution in [0, 0.1) is 5.82 Å². The number of hydrogen-bond acceptors (Lipinski definition) is 3. The smallest absolute Gasteiger partial charge is 0.165 e. The van der Waals surface area contributed by atoms with Crippen LogP contribution in [0.25, 0.3) is 0 Å². The van der Waals surface area contributed by atoms with Crippen LogP contribution < -0.4 is 10.5 Å². The van der Waals surface area contributed by atoms with E-state index < -0.39 is 5.82 Å². The van der Waals surface area contributed by atoms with E-state index in [2.05, 4.69) is 5.10 Å². The maximum atomic E-state index is 13.3. The molecule has 18 heavy (non-hydrogen) atoms. The van der Waals surface area contributed by atoms with Gasteiger partial charge >= 0.3 is 0 Å². The zero-order valence-corrected chi connectivity index (χ0v) is 10.4. The van der Waals surface area contributed by atoms with Crippen molar-refractivity contribution in [1.29, 1.82) is 0 Å². The third kappa shape index (κ3) is 2.22. The van der Waals surface area contributed by atoms with E-state index in [4.69, 9.17) is 10.5 Å². The highest BCUT2D eigenvalue weighted by molar-refractivity contribution is 5.35. The molecule has 1 aromatic carbocycles. The van der Waals surface area contributed by atoms with Crippen molar-refractivity contribution in [2.75, 3.05) is 7.11 Å². The number of aryl methyl sites for hydroxylation is 1. The van der Waals surface area contributed by atoms with Gasteiger partial charge in [0.1, 0.15) is 0 Å². The van der Waals surface area contributed by atoms with Crippen LogP contribution in [0.4, 0.5) is 4.39 Å². The van der Waals surface area contributed by atoms with Gasteiger partial charge in [-0.15, -0.1) is 0 Å². The number of aromatic nitrogens is 2. The molecule has 0 saturated heterocycles. The first-order valence-electron chi connectivity index (χ1n) is 5.78. The molecule has 1 heterocycles. The predicted octanol–water partition coefficient (Wildman–Crippen LogP) is 2.10. The van der Waals surface area contributed by atoms with Gasteiger partial charge in [-0.3, -0.25) is 4.68 Å². The number of nitrogens with two attached hydrogens (primary N) is 1. The van der Waals surface area contributed by atoms with Gasteiger partial charge in [0.2, 0.25) is 0 Å². The van der Waals surface area contributed by atoms with Crippen molar-refractivity contribution in [3.05, 3.63) is 47.5 Å². The Morgan fingerprint density at radius 3 is 2.89 bits per heavy atom. The standard InChI is InChI=1S/C13H16FN3O/c1-3-17-11(6-7-16-17)13(15)9-4-5-10(14)12(8-9)18-2/h4-8,13H,3,15H2,1-2H3. The number of hydrogen-bond donors (Lipinski definition) is 1. The van der Waals surface area contributed by atoms with Gasteiger partial charge in [-0.25, -0.2) is 4.39 Å². The van der Waals surface area contributed by atoms with Gasteiger partial charge in [-0.1, -0.05) is 6.07 Å². The first-order valence-corrected chi connectivity index (χ1v) is 5.78. The molecular formula is C13H16FN3O. The Hall–Kier alpha value is -1.88.